The molecule has 2 heterocycles. The van der Waals surface area contributed by atoms with Gasteiger partial charge in [0.05, 0.1) is 28.7 Å². The minimum absolute atomic E-state index is 0.268. The summed E-state index contributed by atoms with van der Waals surface area (Å²) in [5.41, 5.74) is 1.16. The third kappa shape index (κ3) is 5.14. The van der Waals surface area contributed by atoms with Crippen molar-refractivity contribution in [3.8, 4) is 5.69 Å². The Balaban J connectivity index is 1.53. The number of alkyl halides is 3. The minimum atomic E-state index is -4.42. The van der Waals surface area contributed by atoms with Crippen LogP contribution in [0.2, 0.25) is 0 Å². The SMILES string of the molecule is Cc1c(C(=O)NCCNc2ccc(C(F)(F)F)cn2)cnn1-c1ccc(Br)cc1. The monoisotopic (exact) mass is 467 g/mol. The van der Waals surface area contributed by atoms with Gasteiger partial charge in [-0.2, -0.15) is 18.3 Å². The van der Waals surface area contributed by atoms with Crippen LogP contribution in [-0.4, -0.2) is 33.8 Å². The predicted molar refractivity (Wildman–Crippen MR) is 106 cm³/mol. The third-order valence-electron chi connectivity index (χ3n) is 4.13. The van der Waals surface area contributed by atoms with E-state index in [0.717, 1.165) is 22.4 Å². The van der Waals surface area contributed by atoms with E-state index in [4.69, 9.17) is 0 Å². The number of carbonyl (C=O) groups excluding carboxylic acids is 1. The minimum Gasteiger partial charge on any atom is -0.368 e. The Morgan fingerprint density at radius 1 is 1.10 bits per heavy atom. The molecule has 3 aromatic rings. The lowest BCUT2D eigenvalue weighted by atomic mass is 10.2. The summed E-state index contributed by atoms with van der Waals surface area (Å²) >= 11 is 3.38. The second kappa shape index (κ2) is 8.64. The average Bonchev–Trinajstić information content (AvgIpc) is 3.07. The van der Waals surface area contributed by atoms with Crippen molar-refractivity contribution in [2.75, 3.05) is 18.4 Å². The molecule has 29 heavy (non-hydrogen) atoms. The molecule has 6 nitrogen and oxygen atoms in total. The van der Waals surface area contributed by atoms with Crippen molar-refractivity contribution in [2.45, 2.75) is 13.1 Å². The van der Waals surface area contributed by atoms with Crippen LogP contribution in [0.1, 0.15) is 21.6 Å². The number of amides is 1. The van der Waals surface area contributed by atoms with Crippen LogP contribution in [0.5, 0.6) is 0 Å². The molecule has 0 fully saturated rings. The molecular formula is C19H17BrF3N5O. The maximum absolute atomic E-state index is 12.5. The summed E-state index contributed by atoms with van der Waals surface area (Å²) in [6.07, 6.45) is -2.16. The van der Waals surface area contributed by atoms with Crippen LogP contribution in [0.4, 0.5) is 19.0 Å². The molecule has 3 rings (SSSR count). The van der Waals surface area contributed by atoms with Crippen LogP contribution < -0.4 is 10.6 Å². The number of rotatable bonds is 6. The smallest absolute Gasteiger partial charge is 0.368 e. The molecule has 0 bridgehead atoms. The first kappa shape index (κ1) is 20.8. The van der Waals surface area contributed by atoms with Crippen molar-refractivity contribution in [3.63, 3.8) is 0 Å². The van der Waals surface area contributed by atoms with Crippen LogP contribution >= 0.6 is 15.9 Å². The Labute approximate surface area is 173 Å². The largest absolute Gasteiger partial charge is 0.417 e. The number of anilines is 1. The van der Waals surface area contributed by atoms with Gasteiger partial charge in [0.2, 0.25) is 0 Å². The van der Waals surface area contributed by atoms with Crippen LogP contribution in [0, 0.1) is 6.92 Å². The fourth-order valence-corrected chi connectivity index (χ4v) is 2.87. The van der Waals surface area contributed by atoms with E-state index in [0.29, 0.717) is 23.6 Å². The molecule has 1 aromatic carbocycles. The Hall–Kier alpha value is -2.88. The van der Waals surface area contributed by atoms with Gasteiger partial charge in [-0.1, -0.05) is 15.9 Å². The third-order valence-corrected chi connectivity index (χ3v) is 4.66. The van der Waals surface area contributed by atoms with Crippen LogP contribution in [0.25, 0.3) is 5.69 Å². The molecule has 0 aliphatic carbocycles. The molecule has 0 aliphatic rings. The molecule has 0 saturated carbocycles. The van der Waals surface area contributed by atoms with E-state index in [2.05, 4.69) is 36.6 Å². The number of benzene rings is 1. The Morgan fingerprint density at radius 3 is 2.45 bits per heavy atom. The number of carbonyl (C=O) groups is 1. The maximum Gasteiger partial charge on any atom is 0.417 e. The summed E-state index contributed by atoms with van der Waals surface area (Å²) in [7, 11) is 0. The van der Waals surface area contributed by atoms with E-state index in [-0.39, 0.29) is 12.5 Å². The normalized spacial score (nSPS) is 11.3. The van der Waals surface area contributed by atoms with Crippen LogP contribution in [0.15, 0.2) is 53.3 Å². The first-order valence-corrected chi connectivity index (χ1v) is 9.41. The molecule has 1 amide bonds. The van der Waals surface area contributed by atoms with Gasteiger partial charge in [-0.3, -0.25) is 4.79 Å². The zero-order valence-corrected chi connectivity index (χ0v) is 16.9. The number of hydrogen-bond acceptors (Lipinski definition) is 4. The number of aromatic nitrogens is 3. The van der Waals surface area contributed by atoms with Gasteiger partial charge in [-0.25, -0.2) is 9.67 Å². The van der Waals surface area contributed by atoms with Gasteiger partial charge in [0.25, 0.3) is 5.91 Å². The number of hydrogen-bond donors (Lipinski definition) is 2. The van der Waals surface area contributed by atoms with Crippen molar-refractivity contribution in [2.24, 2.45) is 0 Å². The highest BCUT2D eigenvalue weighted by Crippen LogP contribution is 2.28. The first-order valence-electron chi connectivity index (χ1n) is 8.61. The summed E-state index contributed by atoms with van der Waals surface area (Å²) in [5.74, 6) is 0.0135. The quantitative estimate of drug-likeness (QED) is 0.533. The number of pyridine rings is 1. The number of halogens is 4. The molecular weight excluding hydrogens is 451 g/mol. The number of nitrogens with zero attached hydrogens (tertiary/aromatic N) is 3. The van der Waals surface area contributed by atoms with E-state index in [9.17, 15) is 18.0 Å². The molecule has 2 N–H and O–H groups in total. The van der Waals surface area contributed by atoms with Crippen molar-refractivity contribution in [1.82, 2.24) is 20.1 Å². The van der Waals surface area contributed by atoms with E-state index >= 15 is 0 Å². The zero-order chi connectivity index (χ0) is 21.0. The Kier molecular flexibility index (Phi) is 6.21. The van der Waals surface area contributed by atoms with E-state index in [1.807, 2.05) is 24.3 Å². The van der Waals surface area contributed by atoms with Gasteiger partial charge >= 0.3 is 6.18 Å². The molecule has 0 saturated heterocycles. The highest BCUT2D eigenvalue weighted by molar-refractivity contribution is 9.10. The van der Waals surface area contributed by atoms with E-state index in [1.54, 1.807) is 11.6 Å². The summed E-state index contributed by atoms with van der Waals surface area (Å²) in [6.45, 7) is 2.38. The van der Waals surface area contributed by atoms with Gasteiger partial charge in [-0.05, 0) is 43.3 Å². The summed E-state index contributed by atoms with van der Waals surface area (Å²) in [4.78, 5) is 16.1. The van der Waals surface area contributed by atoms with Crippen LogP contribution in [-0.2, 0) is 6.18 Å². The van der Waals surface area contributed by atoms with Gasteiger partial charge in [0.15, 0.2) is 0 Å². The fourth-order valence-electron chi connectivity index (χ4n) is 2.60. The first-order chi connectivity index (χ1) is 13.8. The van der Waals surface area contributed by atoms with Gasteiger partial charge in [0, 0.05) is 23.8 Å². The lowest BCUT2D eigenvalue weighted by molar-refractivity contribution is -0.137. The summed E-state index contributed by atoms with van der Waals surface area (Å²) in [5, 5.41) is 9.88. The lowest BCUT2D eigenvalue weighted by Gasteiger charge is -2.09. The highest BCUT2D eigenvalue weighted by atomic mass is 79.9. The summed E-state index contributed by atoms with van der Waals surface area (Å²) in [6, 6.07) is 9.73. The number of nitrogens with one attached hydrogen (secondary N) is 2. The second-order valence-corrected chi connectivity index (χ2v) is 7.06. The lowest BCUT2D eigenvalue weighted by Crippen LogP contribution is -2.29. The van der Waals surface area contributed by atoms with Crippen molar-refractivity contribution in [1.29, 1.82) is 0 Å². The van der Waals surface area contributed by atoms with Crippen molar-refractivity contribution in [3.05, 3.63) is 70.1 Å². The van der Waals surface area contributed by atoms with E-state index in [1.165, 1.54) is 12.3 Å². The zero-order valence-electron chi connectivity index (χ0n) is 15.3. The summed E-state index contributed by atoms with van der Waals surface area (Å²) < 4.78 is 40.2. The highest BCUT2D eigenvalue weighted by Gasteiger charge is 2.30. The molecule has 0 radical (unpaired) electrons. The molecule has 152 valence electrons. The molecule has 0 unspecified atom stereocenters. The fraction of sp³-hybridized carbons (Fsp3) is 0.211. The van der Waals surface area contributed by atoms with Crippen LogP contribution in [0.3, 0.4) is 0 Å². The molecule has 0 atom stereocenters. The van der Waals surface area contributed by atoms with Crippen molar-refractivity contribution >= 4 is 27.7 Å². The molecule has 2 aromatic heterocycles. The standard InChI is InChI=1S/C19H17BrF3N5O/c1-12-16(11-27-28(12)15-5-3-14(20)4-6-15)18(29)25-9-8-24-17-7-2-13(10-26-17)19(21,22)23/h2-7,10-11H,8-9H2,1H3,(H,24,26)(H,25,29). The Bertz CT molecular complexity index is 985. The topological polar surface area (TPSA) is 71.8 Å². The molecule has 10 heteroatoms. The average molecular weight is 468 g/mol. The van der Waals surface area contributed by atoms with Gasteiger partial charge < -0.3 is 10.6 Å². The Morgan fingerprint density at radius 2 is 1.83 bits per heavy atom. The van der Waals surface area contributed by atoms with Crippen molar-refractivity contribution < 1.29 is 18.0 Å². The maximum atomic E-state index is 12.5. The van der Waals surface area contributed by atoms with E-state index < -0.39 is 11.7 Å². The van der Waals surface area contributed by atoms with Gasteiger partial charge in [0.1, 0.15) is 5.82 Å². The van der Waals surface area contributed by atoms with Gasteiger partial charge in [-0.15, -0.1) is 0 Å². The second-order valence-electron chi connectivity index (χ2n) is 6.14. The predicted octanol–water partition coefficient (Wildman–Crippen LogP) is 4.20. The molecule has 0 aliphatic heterocycles. The molecule has 0 spiro atoms.